The molecule has 0 aromatic heterocycles. The molecular formula is C15H14NO2+. The van der Waals surface area contributed by atoms with Gasteiger partial charge in [-0.2, -0.15) is 4.58 Å². The van der Waals surface area contributed by atoms with E-state index < -0.39 is 5.97 Å². The molecule has 0 saturated heterocycles. The molecule has 1 N–H and O–H groups in total. The zero-order valence-electron chi connectivity index (χ0n) is 10.4. The number of aliphatic carboxylic acids is 1. The molecule has 90 valence electrons. The van der Waals surface area contributed by atoms with Gasteiger partial charge in [-0.05, 0) is 23.9 Å². The fraction of sp³-hybridized carbons (Fsp3) is 0.200. The van der Waals surface area contributed by atoms with E-state index >= 15 is 0 Å². The smallest absolute Gasteiger partial charge is 0.370 e. The number of aryl methyl sites for hydroxylation is 1. The van der Waals surface area contributed by atoms with Crippen LogP contribution >= 0.6 is 0 Å². The van der Waals surface area contributed by atoms with Gasteiger partial charge < -0.3 is 5.11 Å². The van der Waals surface area contributed by atoms with Crippen LogP contribution in [0.25, 0.3) is 10.8 Å². The van der Waals surface area contributed by atoms with E-state index in [1.54, 1.807) is 0 Å². The maximum atomic E-state index is 11.0. The van der Waals surface area contributed by atoms with Gasteiger partial charge in [0.05, 0.1) is 10.9 Å². The van der Waals surface area contributed by atoms with E-state index in [0.717, 1.165) is 17.0 Å². The molecule has 0 bridgehead atoms. The molecule has 0 fully saturated rings. The summed E-state index contributed by atoms with van der Waals surface area (Å²) in [6.07, 6.45) is 0. The van der Waals surface area contributed by atoms with Gasteiger partial charge in [-0.25, -0.2) is 4.79 Å². The highest BCUT2D eigenvalue weighted by molar-refractivity contribution is 6.15. The van der Waals surface area contributed by atoms with Crippen molar-refractivity contribution in [3.05, 3.63) is 41.5 Å². The van der Waals surface area contributed by atoms with Crippen LogP contribution < -0.4 is 0 Å². The van der Waals surface area contributed by atoms with Gasteiger partial charge in [0.15, 0.2) is 5.71 Å². The van der Waals surface area contributed by atoms with Crippen molar-refractivity contribution in [2.45, 2.75) is 13.8 Å². The minimum atomic E-state index is -0.809. The van der Waals surface area contributed by atoms with Crippen molar-refractivity contribution < 1.29 is 14.5 Å². The first-order valence-electron chi connectivity index (χ1n) is 5.95. The highest BCUT2D eigenvalue weighted by Crippen LogP contribution is 2.36. The van der Waals surface area contributed by atoms with Crippen LogP contribution in [0.1, 0.15) is 18.1 Å². The Bertz CT molecular complexity index is 714. The lowest BCUT2D eigenvalue weighted by Crippen LogP contribution is -2.19. The summed E-state index contributed by atoms with van der Waals surface area (Å²) < 4.78 is 1.87. The zero-order valence-corrected chi connectivity index (χ0v) is 10.4. The third-order valence-electron chi connectivity index (χ3n) is 3.62. The van der Waals surface area contributed by atoms with E-state index in [2.05, 4.69) is 25.1 Å². The molecular weight excluding hydrogens is 226 g/mol. The van der Waals surface area contributed by atoms with Gasteiger partial charge >= 0.3 is 5.97 Å². The maximum Gasteiger partial charge on any atom is 0.370 e. The number of carbonyl (C=O) groups is 1. The highest BCUT2D eigenvalue weighted by Gasteiger charge is 2.30. The first kappa shape index (κ1) is 11.0. The standard InChI is InChI=1S/C15H13NO2/c1-9-6-7-13-15-11(9)4-3-5-12(15)10(2)16(13)8-14(17)18/h3-7H,8H2,1-2H3/p+1. The van der Waals surface area contributed by atoms with E-state index in [4.69, 9.17) is 5.11 Å². The summed E-state index contributed by atoms with van der Waals surface area (Å²) in [6.45, 7) is 4.07. The third kappa shape index (κ3) is 1.37. The van der Waals surface area contributed by atoms with E-state index in [-0.39, 0.29) is 6.54 Å². The Kier molecular flexibility index (Phi) is 2.23. The third-order valence-corrected chi connectivity index (χ3v) is 3.62. The molecule has 0 spiro atoms. The van der Waals surface area contributed by atoms with Crippen LogP contribution in [0.3, 0.4) is 0 Å². The summed E-state index contributed by atoms with van der Waals surface area (Å²) in [5.74, 6) is -0.809. The van der Waals surface area contributed by atoms with Crippen LogP contribution in [0.2, 0.25) is 0 Å². The molecule has 0 unspecified atom stereocenters. The van der Waals surface area contributed by atoms with Crippen molar-refractivity contribution >= 4 is 28.1 Å². The summed E-state index contributed by atoms with van der Waals surface area (Å²) in [5.41, 5.74) is 4.39. The Morgan fingerprint density at radius 2 is 2.00 bits per heavy atom. The van der Waals surface area contributed by atoms with Gasteiger partial charge in [0.2, 0.25) is 12.2 Å². The quantitative estimate of drug-likeness (QED) is 0.820. The second-order valence-electron chi connectivity index (χ2n) is 4.70. The Morgan fingerprint density at radius 1 is 1.22 bits per heavy atom. The first-order valence-corrected chi connectivity index (χ1v) is 5.95. The second kappa shape index (κ2) is 3.67. The average molecular weight is 240 g/mol. The molecule has 0 aliphatic carbocycles. The van der Waals surface area contributed by atoms with Gasteiger partial charge in [-0.3, -0.25) is 0 Å². The molecule has 3 nitrogen and oxygen atoms in total. The molecule has 3 heteroatoms. The number of nitrogens with zero attached hydrogens (tertiary/aromatic N) is 1. The molecule has 2 aromatic carbocycles. The minimum Gasteiger partial charge on any atom is -0.477 e. The predicted molar refractivity (Wildman–Crippen MR) is 70.9 cm³/mol. The van der Waals surface area contributed by atoms with E-state index in [9.17, 15) is 4.79 Å². The Balaban J connectivity index is 2.35. The molecule has 1 heterocycles. The van der Waals surface area contributed by atoms with Gasteiger partial charge in [0, 0.05) is 13.0 Å². The van der Waals surface area contributed by atoms with Crippen LogP contribution in [-0.2, 0) is 4.79 Å². The summed E-state index contributed by atoms with van der Waals surface area (Å²) in [4.78, 5) is 11.0. The van der Waals surface area contributed by atoms with E-state index in [0.29, 0.717) is 0 Å². The topological polar surface area (TPSA) is 40.3 Å². The molecule has 1 aliphatic rings. The van der Waals surface area contributed by atoms with Crippen LogP contribution in [0.5, 0.6) is 0 Å². The van der Waals surface area contributed by atoms with Gasteiger partial charge in [-0.15, -0.1) is 0 Å². The van der Waals surface area contributed by atoms with Gasteiger partial charge in [0.1, 0.15) is 0 Å². The SMILES string of the molecule is CC1=[N+](CC(=O)O)c2ccc(C)c3cccc1c23. The van der Waals surface area contributed by atoms with Gasteiger partial charge in [-0.1, -0.05) is 18.2 Å². The number of carboxylic acid groups (broad SMARTS) is 1. The van der Waals surface area contributed by atoms with Crippen molar-refractivity contribution in [3.63, 3.8) is 0 Å². The molecule has 0 amide bonds. The van der Waals surface area contributed by atoms with Crippen LogP contribution in [-0.4, -0.2) is 27.9 Å². The number of hydrogen-bond acceptors (Lipinski definition) is 1. The van der Waals surface area contributed by atoms with Crippen LogP contribution in [0, 0.1) is 6.92 Å². The molecule has 2 aromatic rings. The molecule has 18 heavy (non-hydrogen) atoms. The first-order chi connectivity index (χ1) is 8.59. The molecule has 0 saturated carbocycles. The molecule has 0 radical (unpaired) electrons. The fourth-order valence-corrected chi connectivity index (χ4v) is 2.73. The average Bonchev–Trinajstić information content (AvgIpc) is 2.60. The fourth-order valence-electron chi connectivity index (χ4n) is 2.73. The number of benzene rings is 2. The van der Waals surface area contributed by atoms with E-state index in [1.807, 2.05) is 23.6 Å². The summed E-state index contributed by atoms with van der Waals surface area (Å²) in [7, 11) is 0. The lowest BCUT2D eigenvalue weighted by Gasteiger charge is -2.02. The van der Waals surface area contributed by atoms with E-state index in [1.165, 1.54) is 16.3 Å². The molecule has 0 atom stereocenters. The van der Waals surface area contributed by atoms with Crippen molar-refractivity contribution in [1.82, 2.24) is 0 Å². The maximum absolute atomic E-state index is 11.0. The minimum absolute atomic E-state index is 0.0126. The van der Waals surface area contributed by atoms with Crippen molar-refractivity contribution in [2.24, 2.45) is 0 Å². The van der Waals surface area contributed by atoms with Crippen molar-refractivity contribution in [1.29, 1.82) is 0 Å². The molecule has 1 aliphatic heterocycles. The van der Waals surface area contributed by atoms with Crippen LogP contribution in [0.15, 0.2) is 30.3 Å². The van der Waals surface area contributed by atoms with Gasteiger partial charge in [0.25, 0.3) is 0 Å². The zero-order chi connectivity index (χ0) is 12.9. The normalized spacial score (nSPS) is 13.4. The monoisotopic (exact) mass is 240 g/mol. The lowest BCUT2D eigenvalue weighted by molar-refractivity contribution is -0.427. The van der Waals surface area contributed by atoms with Crippen molar-refractivity contribution in [2.75, 3.05) is 6.54 Å². The number of carboxylic acids is 1. The number of rotatable bonds is 2. The molecule has 3 rings (SSSR count). The largest absolute Gasteiger partial charge is 0.477 e. The van der Waals surface area contributed by atoms with Crippen molar-refractivity contribution in [3.8, 4) is 0 Å². The number of hydrogen-bond donors (Lipinski definition) is 1. The Labute approximate surface area is 105 Å². The highest BCUT2D eigenvalue weighted by atomic mass is 16.4. The summed E-state index contributed by atoms with van der Waals surface area (Å²) >= 11 is 0. The second-order valence-corrected chi connectivity index (χ2v) is 4.70. The predicted octanol–water partition coefficient (Wildman–Crippen LogP) is 2.70. The Hall–Kier alpha value is -2.16. The summed E-state index contributed by atoms with van der Waals surface area (Å²) in [6, 6.07) is 10.2. The Morgan fingerprint density at radius 3 is 2.72 bits per heavy atom. The summed E-state index contributed by atoms with van der Waals surface area (Å²) in [5, 5.41) is 11.4. The lowest BCUT2D eigenvalue weighted by atomic mass is 9.99. The van der Waals surface area contributed by atoms with Crippen LogP contribution in [0.4, 0.5) is 5.69 Å².